The quantitative estimate of drug-likeness (QED) is 0.552. The van der Waals surface area contributed by atoms with Crippen LogP contribution in [-0.4, -0.2) is 16.6 Å². The van der Waals surface area contributed by atoms with Gasteiger partial charge in [0.2, 0.25) is 0 Å². The molecule has 0 atom stereocenters. The van der Waals surface area contributed by atoms with Gasteiger partial charge in [-0.25, -0.2) is 4.99 Å². The van der Waals surface area contributed by atoms with E-state index in [0.717, 1.165) is 5.56 Å². The highest BCUT2D eigenvalue weighted by Crippen LogP contribution is 2.27. The summed E-state index contributed by atoms with van der Waals surface area (Å²) < 4.78 is 5.41. The zero-order valence-electron chi connectivity index (χ0n) is 14.1. The lowest BCUT2D eigenvalue weighted by Gasteiger charge is -2.17. The molecule has 0 N–H and O–H groups in total. The maximum Gasteiger partial charge on any atom is 0.278 e. The Morgan fingerprint density at radius 3 is 2.56 bits per heavy atom. The molecule has 2 aromatic carbocycles. The van der Waals surface area contributed by atoms with Gasteiger partial charge >= 0.3 is 0 Å². The number of carbonyl (C=O) groups excluding carboxylic acids is 1. The van der Waals surface area contributed by atoms with Crippen LogP contribution in [0, 0.1) is 0 Å². The number of rotatable bonds is 4. The van der Waals surface area contributed by atoms with E-state index in [2.05, 4.69) is 4.99 Å². The first-order valence-electron chi connectivity index (χ1n) is 8.27. The summed E-state index contributed by atoms with van der Waals surface area (Å²) in [6, 6.07) is 18.3. The third kappa shape index (κ3) is 3.68. The van der Waals surface area contributed by atoms with Gasteiger partial charge in [-0.15, -0.1) is 0 Å². The number of benzene rings is 2. The van der Waals surface area contributed by atoms with Crippen molar-refractivity contribution in [2.75, 3.05) is 0 Å². The lowest BCUT2D eigenvalue weighted by Crippen LogP contribution is -2.32. The molecule has 6 heteroatoms. The molecule has 3 aromatic rings. The topological polar surface area (TPSA) is 45.8 Å². The Balaban J connectivity index is 1.75. The molecule has 0 saturated carbocycles. The zero-order chi connectivity index (χ0) is 18.8. The number of halogens is 2. The van der Waals surface area contributed by atoms with Gasteiger partial charge < -0.3 is 4.42 Å². The van der Waals surface area contributed by atoms with Crippen LogP contribution in [0.2, 0.25) is 10.0 Å². The maximum absolute atomic E-state index is 13.0. The third-order valence-electron chi connectivity index (χ3n) is 4.13. The van der Waals surface area contributed by atoms with Crippen LogP contribution in [0.25, 0.3) is 6.08 Å². The second kappa shape index (κ2) is 7.43. The Morgan fingerprint density at radius 1 is 1.04 bits per heavy atom. The fourth-order valence-electron chi connectivity index (χ4n) is 2.83. The second-order valence-electron chi connectivity index (χ2n) is 5.97. The number of furan rings is 1. The van der Waals surface area contributed by atoms with Crippen LogP contribution in [0.4, 0.5) is 0 Å². The number of nitrogens with zero attached hydrogens (tertiary/aromatic N) is 2. The van der Waals surface area contributed by atoms with E-state index in [1.807, 2.05) is 36.4 Å². The Morgan fingerprint density at radius 2 is 1.85 bits per heavy atom. The van der Waals surface area contributed by atoms with Gasteiger partial charge in [0.15, 0.2) is 0 Å². The van der Waals surface area contributed by atoms with Crippen molar-refractivity contribution in [3.8, 4) is 0 Å². The molecule has 1 aliphatic rings. The summed E-state index contributed by atoms with van der Waals surface area (Å²) >= 11 is 12.2. The van der Waals surface area contributed by atoms with E-state index in [0.29, 0.717) is 39.4 Å². The number of carbonyl (C=O) groups is 1. The molecule has 0 spiro atoms. The summed E-state index contributed by atoms with van der Waals surface area (Å²) in [6.45, 7) is 0.297. The van der Waals surface area contributed by atoms with Gasteiger partial charge in [-0.2, -0.15) is 0 Å². The number of hydrogen-bond acceptors (Lipinski definition) is 3. The molecule has 4 rings (SSSR count). The molecule has 0 fully saturated rings. The van der Waals surface area contributed by atoms with Crippen LogP contribution in [0.3, 0.4) is 0 Å². The molecule has 2 heterocycles. The lowest BCUT2D eigenvalue weighted by molar-refractivity contribution is -0.123. The van der Waals surface area contributed by atoms with Gasteiger partial charge in [0.1, 0.15) is 17.3 Å². The van der Waals surface area contributed by atoms with E-state index in [1.54, 1.807) is 41.5 Å². The van der Waals surface area contributed by atoms with Gasteiger partial charge in [-0.05, 0) is 35.9 Å². The van der Waals surface area contributed by atoms with E-state index in [9.17, 15) is 4.79 Å². The molecular weight excluding hydrogens is 383 g/mol. The third-order valence-corrected chi connectivity index (χ3v) is 4.69. The largest absolute Gasteiger partial charge is 0.467 e. The molecule has 27 heavy (non-hydrogen) atoms. The highest BCUT2D eigenvalue weighted by molar-refractivity contribution is 6.35. The Hall–Kier alpha value is -2.82. The van der Waals surface area contributed by atoms with Crippen LogP contribution >= 0.6 is 23.2 Å². The van der Waals surface area contributed by atoms with E-state index < -0.39 is 0 Å². The standard InChI is InChI=1S/C21H14Cl2N2O2/c22-16-9-8-15(18(23)12-16)11-19-21(26)25(13-17-7-4-10-27-17)20(24-19)14-5-2-1-3-6-14/h1-12H,13H2/b19-11-. The fraction of sp³-hybridized carbons (Fsp3) is 0.0476. The molecule has 1 aromatic heterocycles. The molecule has 4 nitrogen and oxygen atoms in total. The molecule has 1 aliphatic heterocycles. The normalized spacial score (nSPS) is 15.5. The molecule has 0 unspecified atom stereocenters. The summed E-state index contributed by atoms with van der Waals surface area (Å²) in [7, 11) is 0. The van der Waals surface area contributed by atoms with Gasteiger partial charge in [-0.3, -0.25) is 9.69 Å². The van der Waals surface area contributed by atoms with Crippen molar-refractivity contribution in [1.82, 2.24) is 4.90 Å². The van der Waals surface area contributed by atoms with Gasteiger partial charge in [0.25, 0.3) is 5.91 Å². The summed E-state index contributed by atoms with van der Waals surface area (Å²) in [4.78, 5) is 19.2. The molecule has 0 radical (unpaired) electrons. The van der Waals surface area contributed by atoms with E-state index in [4.69, 9.17) is 27.6 Å². The minimum Gasteiger partial charge on any atom is -0.467 e. The van der Waals surface area contributed by atoms with Crippen LogP contribution in [-0.2, 0) is 11.3 Å². The second-order valence-corrected chi connectivity index (χ2v) is 6.81. The first-order chi connectivity index (χ1) is 13.1. The van der Waals surface area contributed by atoms with Gasteiger partial charge in [-0.1, -0.05) is 59.6 Å². The van der Waals surface area contributed by atoms with E-state index in [-0.39, 0.29) is 5.91 Å². The Bertz CT molecular complexity index is 1040. The Labute approximate surface area is 166 Å². The molecule has 1 amide bonds. The summed E-state index contributed by atoms with van der Waals surface area (Å²) in [6.07, 6.45) is 3.26. The molecule has 134 valence electrons. The van der Waals surface area contributed by atoms with Gasteiger partial charge in [0, 0.05) is 15.6 Å². The number of aliphatic imine (C=N–C) groups is 1. The fourth-order valence-corrected chi connectivity index (χ4v) is 3.29. The highest BCUT2D eigenvalue weighted by atomic mass is 35.5. The predicted molar refractivity (Wildman–Crippen MR) is 107 cm³/mol. The number of amidine groups is 1. The van der Waals surface area contributed by atoms with Gasteiger partial charge in [0.05, 0.1) is 12.8 Å². The zero-order valence-corrected chi connectivity index (χ0v) is 15.6. The molecule has 0 aliphatic carbocycles. The average Bonchev–Trinajstić information content (AvgIpc) is 3.28. The summed E-state index contributed by atoms with van der Waals surface area (Å²) in [5.41, 5.74) is 1.84. The minimum absolute atomic E-state index is 0.212. The highest BCUT2D eigenvalue weighted by Gasteiger charge is 2.31. The van der Waals surface area contributed by atoms with Crippen molar-refractivity contribution in [2.24, 2.45) is 4.99 Å². The van der Waals surface area contributed by atoms with Crippen molar-refractivity contribution >= 4 is 41.0 Å². The smallest absolute Gasteiger partial charge is 0.278 e. The molecule has 0 bridgehead atoms. The maximum atomic E-state index is 13.0. The van der Waals surface area contributed by atoms with Crippen molar-refractivity contribution < 1.29 is 9.21 Å². The summed E-state index contributed by atoms with van der Waals surface area (Å²) in [5.74, 6) is 1.04. The van der Waals surface area contributed by atoms with Crippen LogP contribution in [0.1, 0.15) is 16.9 Å². The minimum atomic E-state index is -0.212. The van der Waals surface area contributed by atoms with Crippen molar-refractivity contribution in [3.05, 3.63) is 99.6 Å². The monoisotopic (exact) mass is 396 g/mol. The number of hydrogen-bond donors (Lipinski definition) is 0. The number of amides is 1. The first-order valence-corrected chi connectivity index (χ1v) is 9.02. The SMILES string of the molecule is O=C1/C(=C/c2ccc(Cl)cc2Cl)N=C(c2ccccc2)N1Cc1ccco1. The Kier molecular flexibility index (Phi) is 4.84. The average molecular weight is 397 g/mol. The molecular formula is C21H14Cl2N2O2. The van der Waals surface area contributed by atoms with Crippen molar-refractivity contribution in [1.29, 1.82) is 0 Å². The van der Waals surface area contributed by atoms with Crippen LogP contribution < -0.4 is 0 Å². The van der Waals surface area contributed by atoms with Crippen LogP contribution in [0.5, 0.6) is 0 Å². The predicted octanol–water partition coefficient (Wildman–Crippen LogP) is 5.42. The lowest BCUT2D eigenvalue weighted by atomic mass is 10.2. The molecule has 0 saturated heterocycles. The van der Waals surface area contributed by atoms with Crippen LogP contribution in [0.15, 0.2) is 82.0 Å². The summed E-state index contributed by atoms with van der Waals surface area (Å²) in [5, 5.41) is 0.997. The van der Waals surface area contributed by atoms with Crippen molar-refractivity contribution in [3.63, 3.8) is 0 Å². The van der Waals surface area contributed by atoms with E-state index in [1.165, 1.54) is 0 Å². The van der Waals surface area contributed by atoms with Crippen molar-refractivity contribution in [2.45, 2.75) is 6.54 Å². The van der Waals surface area contributed by atoms with E-state index >= 15 is 0 Å². The first kappa shape index (κ1) is 17.6.